The van der Waals surface area contributed by atoms with Crippen molar-refractivity contribution in [3.05, 3.63) is 64.6 Å². The quantitative estimate of drug-likeness (QED) is 0.690. The maximum Gasteiger partial charge on any atom is -0.0157 e. The lowest BCUT2D eigenvalue weighted by Crippen LogP contribution is -2.25. The Hall–Kier alpha value is -1.82. The summed E-state index contributed by atoms with van der Waals surface area (Å²) in [5.74, 6) is 0. The molecule has 2 rings (SSSR count). The van der Waals surface area contributed by atoms with Crippen molar-refractivity contribution in [2.24, 2.45) is 0 Å². The Morgan fingerprint density at radius 2 is 2.18 bits per heavy atom. The molecule has 0 N–H and O–H groups in total. The van der Waals surface area contributed by atoms with E-state index in [-0.39, 0.29) is 0 Å². The van der Waals surface area contributed by atoms with E-state index >= 15 is 0 Å². The lowest BCUT2D eigenvalue weighted by Gasteiger charge is -2.04. The summed E-state index contributed by atoms with van der Waals surface area (Å²) in [6.45, 7) is 5.92. The van der Waals surface area contributed by atoms with Crippen molar-refractivity contribution in [3.63, 3.8) is 0 Å². The van der Waals surface area contributed by atoms with Crippen molar-refractivity contribution >= 4 is 18.2 Å². The zero-order valence-corrected chi connectivity index (χ0v) is 10.3. The second-order valence-corrected chi connectivity index (χ2v) is 4.16. The number of hydrogen-bond donors (Lipinski definition) is 0. The summed E-state index contributed by atoms with van der Waals surface area (Å²) >= 11 is 0. The summed E-state index contributed by atoms with van der Waals surface area (Å²) in [5, 5.41) is 2.65. The summed E-state index contributed by atoms with van der Waals surface area (Å²) in [4.78, 5) is 0. The van der Waals surface area contributed by atoms with Crippen LogP contribution in [0, 0.1) is 0 Å². The fourth-order valence-electron chi connectivity index (χ4n) is 2.10. The summed E-state index contributed by atoms with van der Waals surface area (Å²) < 4.78 is 0. The van der Waals surface area contributed by atoms with Gasteiger partial charge in [0.05, 0.1) is 0 Å². The average molecular weight is 222 g/mol. The van der Waals surface area contributed by atoms with Crippen molar-refractivity contribution < 1.29 is 0 Å². The van der Waals surface area contributed by atoms with E-state index in [0.717, 1.165) is 12.8 Å². The lowest BCUT2D eigenvalue weighted by atomic mass is 10.0. The Morgan fingerprint density at radius 1 is 1.29 bits per heavy atom. The van der Waals surface area contributed by atoms with Crippen molar-refractivity contribution in [3.8, 4) is 0 Å². The first-order chi connectivity index (χ1) is 8.35. The third-order valence-electron chi connectivity index (χ3n) is 3.02. The maximum atomic E-state index is 3.72. The molecule has 0 amide bonds. The molecule has 1 aliphatic rings. The van der Waals surface area contributed by atoms with Crippen LogP contribution in [0.4, 0.5) is 0 Å². The van der Waals surface area contributed by atoms with E-state index in [0.29, 0.717) is 0 Å². The van der Waals surface area contributed by atoms with E-state index in [4.69, 9.17) is 0 Å². The Morgan fingerprint density at radius 3 is 2.94 bits per heavy atom. The van der Waals surface area contributed by atoms with Gasteiger partial charge in [0.15, 0.2) is 0 Å². The molecule has 0 aliphatic heterocycles. The SMILES string of the molecule is C=C/C=C\c1cc2c(cc1CC)=CCC=CC=2. The second kappa shape index (κ2) is 5.49. The highest BCUT2D eigenvalue weighted by molar-refractivity contribution is 5.58. The van der Waals surface area contributed by atoms with Gasteiger partial charge in [0, 0.05) is 0 Å². The van der Waals surface area contributed by atoms with Crippen LogP contribution in [0.2, 0.25) is 0 Å². The number of benzene rings is 1. The molecule has 0 atom stereocenters. The summed E-state index contributed by atoms with van der Waals surface area (Å²) in [7, 11) is 0. The second-order valence-electron chi connectivity index (χ2n) is 4.16. The molecular formula is C17H18. The molecule has 0 radical (unpaired) electrons. The number of rotatable bonds is 3. The molecule has 0 bridgehead atoms. The fraction of sp³-hybridized carbons (Fsp3) is 0.176. The smallest absolute Gasteiger partial charge is 0.0157 e. The highest BCUT2D eigenvalue weighted by Gasteiger charge is 1.99. The molecule has 0 saturated carbocycles. The maximum absolute atomic E-state index is 3.72. The minimum Gasteiger partial charge on any atom is -0.0991 e. The Bertz CT molecular complexity index is 583. The number of hydrogen-bond acceptors (Lipinski definition) is 0. The molecule has 0 unspecified atom stereocenters. The molecule has 0 aromatic heterocycles. The average Bonchev–Trinajstić information content (AvgIpc) is 2.59. The van der Waals surface area contributed by atoms with E-state index < -0.39 is 0 Å². The monoisotopic (exact) mass is 222 g/mol. The van der Waals surface area contributed by atoms with E-state index in [9.17, 15) is 0 Å². The molecule has 1 aromatic rings. The summed E-state index contributed by atoms with van der Waals surface area (Å²) in [6.07, 6.45) is 16.8. The molecule has 0 spiro atoms. The first-order valence-electron chi connectivity index (χ1n) is 6.14. The van der Waals surface area contributed by atoms with Crippen molar-refractivity contribution in [1.82, 2.24) is 0 Å². The van der Waals surface area contributed by atoms with Gasteiger partial charge in [-0.05, 0) is 40.5 Å². The summed E-state index contributed by atoms with van der Waals surface area (Å²) in [5.41, 5.74) is 2.69. The van der Waals surface area contributed by atoms with Crippen molar-refractivity contribution in [1.29, 1.82) is 0 Å². The van der Waals surface area contributed by atoms with Gasteiger partial charge in [0.1, 0.15) is 0 Å². The van der Waals surface area contributed by atoms with Crippen LogP contribution in [-0.4, -0.2) is 0 Å². The Labute approximate surface area is 103 Å². The van der Waals surface area contributed by atoms with E-state index in [2.05, 4.69) is 56.0 Å². The van der Waals surface area contributed by atoms with E-state index in [1.165, 1.54) is 21.6 Å². The number of fused-ring (bicyclic) bond motifs is 1. The van der Waals surface area contributed by atoms with Gasteiger partial charge in [0.2, 0.25) is 0 Å². The van der Waals surface area contributed by atoms with Crippen LogP contribution in [0.15, 0.2) is 43.0 Å². The zero-order chi connectivity index (χ0) is 12.1. The van der Waals surface area contributed by atoms with Crippen LogP contribution in [0.25, 0.3) is 18.2 Å². The zero-order valence-electron chi connectivity index (χ0n) is 10.3. The third kappa shape index (κ3) is 2.65. The highest BCUT2D eigenvalue weighted by atomic mass is 14.0. The van der Waals surface area contributed by atoms with Crippen LogP contribution in [0.5, 0.6) is 0 Å². The van der Waals surface area contributed by atoms with Gasteiger partial charge >= 0.3 is 0 Å². The first-order valence-corrected chi connectivity index (χ1v) is 6.14. The van der Waals surface area contributed by atoms with Gasteiger partial charge in [-0.2, -0.15) is 0 Å². The minimum atomic E-state index is 1.02. The van der Waals surface area contributed by atoms with Gasteiger partial charge in [0.25, 0.3) is 0 Å². The first kappa shape index (κ1) is 11.7. The van der Waals surface area contributed by atoms with Crippen LogP contribution in [0.1, 0.15) is 24.5 Å². The number of allylic oxidation sites excluding steroid dienone is 4. The Kier molecular flexibility index (Phi) is 3.77. The lowest BCUT2D eigenvalue weighted by molar-refractivity contribution is 1.12. The van der Waals surface area contributed by atoms with Crippen LogP contribution < -0.4 is 10.4 Å². The van der Waals surface area contributed by atoms with Gasteiger partial charge in [-0.15, -0.1) is 0 Å². The van der Waals surface area contributed by atoms with Crippen LogP contribution >= 0.6 is 0 Å². The third-order valence-corrected chi connectivity index (χ3v) is 3.02. The van der Waals surface area contributed by atoms with Crippen molar-refractivity contribution in [2.45, 2.75) is 19.8 Å². The molecule has 1 aromatic carbocycles. The molecule has 0 fully saturated rings. The predicted molar refractivity (Wildman–Crippen MR) is 77.0 cm³/mol. The molecule has 0 heteroatoms. The molecule has 0 saturated heterocycles. The molecular weight excluding hydrogens is 204 g/mol. The van der Waals surface area contributed by atoms with Gasteiger partial charge < -0.3 is 0 Å². The normalized spacial score (nSPS) is 13.7. The Balaban J connectivity index is 2.65. The molecule has 86 valence electrons. The van der Waals surface area contributed by atoms with Gasteiger partial charge in [-0.3, -0.25) is 0 Å². The molecule has 1 aliphatic carbocycles. The largest absolute Gasteiger partial charge is 0.0991 e. The van der Waals surface area contributed by atoms with Gasteiger partial charge in [-0.25, -0.2) is 0 Å². The molecule has 17 heavy (non-hydrogen) atoms. The number of aryl methyl sites for hydroxylation is 1. The molecule has 0 heterocycles. The van der Waals surface area contributed by atoms with Crippen LogP contribution in [0.3, 0.4) is 0 Å². The van der Waals surface area contributed by atoms with Crippen molar-refractivity contribution in [2.75, 3.05) is 0 Å². The van der Waals surface area contributed by atoms with E-state index in [1.807, 2.05) is 12.2 Å². The fourth-order valence-corrected chi connectivity index (χ4v) is 2.10. The minimum absolute atomic E-state index is 1.02. The topological polar surface area (TPSA) is 0 Å². The standard InChI is InChI=1S/C17H18/c1-3-5-9-15-13-17-11-8-6-7-10-16(17)12-14(15)4-2/h3,5-6,8-13H,1,4,7H2,2H3/b9-5-. The highest BCUT2D eigenvalue weighted by Crippen LogP contribution is 2.08. The van der Waals surface area contributed by atoms with Crippen LogP contribution in [-0.2, 0) is 6.42 Å². The molecule has 0 nitrogen and oxygen atoms in total. The van der Waals surface area contributed by atoms with E-state index in [1.54, 1.807) is 0 Å². The predicted octanol–water partition coefficient (Wildman–Crippen LogP) is 2.97. The summed E-state index contributed by atoms with van der Waals surface area (Å²) in [6, 6.07) is 4.57. The van der Waals surface area contributed by atoms with Gasteiger partial charge in [-0.1, -0.05) is 62.1 Å².